The quantitative estimate of drug-likeness (QED) is 0.809. The summed E-state index contributed by atoms with van der Waals surface area (Å²) in [6.45, 7) is 5.02. The fourth-order valence-electron chi connectivity index (χ4n) is 3.29. The predicted molar refractivity (Wildman–Crippen MR) is 81.9 cm³/mol. The number of Topliss-reactive ketones (excluding diaryl/α,β-unsaturated/α-hetero) is 1. The van der Waals surface area contributed by atoms with Gasteiger partial charge < -0.3 is 4.74 Å². The molecule has 116 valence electrons. The molecule has 2 aromatic rings. The average molecular weight is 318 g/mol. The van der Waals surface area contributed by atoms with Gasteiger partial charge in [-0.25, -0.2) is 4.68 Å². The van der Waals surface area contributed by atoms with Gasteiger partial charge in [0.25, 0.3) is 0 Å². The van der Waals surface area contributed by atoms with Crippen LogP contribution in [0.2, 0.25) is 0 Å². The van der Waals surface area contributed by atoms with E-state index in [4.69, 9.17) is 4.74 Å². The number of hydrogen-bond acceptors (Lipinski definition) is 6. The van der Waals surface area contributed by atoms with Crippen LogP contribution in [0.4, 0.5) is 0 Å². The van der Waals surface area contributed by atoms with Gasteiger partial charge in [0.15, 0.2) is 5.78 Å². The maximum Gasteiger partial charge on any atom is 0.169 e. The third-order valence-electron chi connectivity index (χ3n) is 4.42. The summed E-state index contributed by atoms with van der Waals surface area (Å²) in [5.41, 5.74) is 2.27. The summed E-state index contributed by atoms with van der Waals surface area (Å²) in [5.74, 6) is 0.142. The van der Waals surface area contributed by atoms with E-state index < -0.39 is 0 Å². The van der Waals surface area contributed by atoms with E-state index >= 15 is 0 Å². The maximum atomic E-state index is 11.4. The number of hydrogen-bond donors (Lipinski definition) is 0. The molecule has 0 radical (unpaired) electrons. The Kier molecular flexibility index (Phi) is 3.56. The van der Waals surface area contributed by atoms with E-state index in [-0.39, 0.29) is 17.9 Å². The van der Waals surface area contributed by atoms with Crippen molar-refractivity contribution in [2.24, 2.45) is 0 Å². The topological polar surface area (TPSA) is 60.3 Å². The highest BCUT2D eigenvalue weighted by Crippen LogP contribution is 2.31. The molecular formula is C15H18N4O2S. The number of piperidine rings is 1. The van der Waals surface area contributed by atoms with Crippen LogP contribution in [-0.4, -0.2) is 44.9 Å². The highest BCUT2D eigenvalue weighted by molar-refractivity contribution is 7.12. The molecule has 2 atom stereocenters. The van der Waals surface area contributed by atoms with Crippen LogP contribution in [0.25, 0.3) is 0 Å². The highest BCUT2D eigenvalue weighted by atomic mass is 32.1. The number of thiophene rings is 1. The molecule has 0 N–H and O–H groups in total. The van der Waals surface area contributed by atoms with Crippen molar-refractivity contribution in [2.45, 2.75) is 38.6 Å². The molecule has 0 bridgehead atoms. The fourth-order valence-corrected chi connectivity index (χ4v) is 4.10. The Morgan fingerprint density at radius 2 is 2.45 bits per heavy atom. The van der Waals surface area contributed by atoms with Gasteiger partial charge in [-0.05, 0) is 30.4 Å². The van der Waals surface area contributed by atoms with Gasteiger partial charge in [-0.1, -0.05) is 5.21 Å². The Morgan fingerprint density at radius 1 is 1.55 bits per heavy atom. The smallest absolute Gasteiger partial charge is 0.169 e. The number of fused-ring (bicyclic) bond motifs is 3. The third kappa shape index (κ3) is 2.49. The van der Waals surface area contributed by atoms with Gasteiger partial charge in [0, 0.05) is 19.6 Å². The molecule has 4 rings (SSSR count). The largest absolute Gasteiger partial charge is 0.370 e. The van der Waals surface area contributed by atoms with Gasteiger partial charge in [0.1, 0.15) is 0 Å². The number of nitrogens with zero attached hydrogens (tertiary/aromatic N) is 4. The van der Waals surface area contributed by atoms with Crippen LogP contribution in [0.1, 0.15) is 40.3 Å². The summed E-state index contributed by atoms with van der Waals surface area (Å²) in [6, 6.07) is 2.25. The molecule has 22 heavy (non-hydrogen) atoms. The molecule has 1 saturated heterocycles. The van der Waals surface area contributed by atoms with E-state index in [0.717, 1.165) is 36.6 Å². The van der Waals surface area contributed by atoms with E-state index in [9.17, 15) is 4.79 Å². The first-order chi connectivity index (χ1) is 10.7. The number of aromatic nitrogens is 3. The molecule has 6 nitrogen and oxygen atoms in total. The summed E-state index contributed by atoms with van der Waals surface area (Å²) in [7, 11) is 0. The first kappa shape index (κ1) is 14.0. The van der Waals surface area contributed by atoms with Crippen LogP contribution >= 0.6 is 11.3 Å². The zero-order valence-corrected chi connectivity index (χ0v) is 13.3. The Hall–Kier alpha value is -1.57. The minimum atomic E-state index is 0.142. The predicted octanol–water partition coefficient (Wildman–Crippen LogP) is 1.89. The normalized spacial score (nSPS) is 24.8. The number of carbonyl (C=O) groups excluding carboxylic acids is 1. The maximum absolute atomic E-state index is 11.4. The van der Waals surface area contributed by atoms with Crippen LogP contribution < -0.4 is 0 Å². The Labute approximate surface area is 132 Å². The molecule has 2 aromatic heterocycles. The molecule has 1 fully saturated rings. The van der Waals surface area contributed by atoms with Gasteiger partial charge in [0.05, 0.1) is 35.5 Å². The van der Waals surface area contributed by atoms with Crippen molar-refractivity contribution in [2.75, 3.05) is 13.1 Å². The molecule has 4 heterocycles. The summed E-state index contributed by atoms with van der Waals surface area (Å²) in [5, 5.41) is 10.3. The first-order valence-corrected chi connectivity index (χ1v) is 8.40. The summed E-state index contributed by atoms with van der Waals surface area (Å²) in [6.07, 6.45) is 3.03. The van der Waals surface area contributed by atoms with Crippen LogP contribution in [0.3, 0.4) is 0 Å². The number of rotatable bonds is 3. The van der Waals surface area contributed by atoms with Crippen LogP contribution in [0.15, 0.2) is 17.6 Å². The molecular weight excluding hydrogens is 300 g/mol. The lowest BCUT2D eigenvalue weighted by molar-refractivity contribution is -0.0669. The molecule has 7 heteroatoms. The monoisotopic (exact) mass is 318 g/mol. The van der Waals surface area contributed by atoms with E-state index in [1.165, 1.54) is 16.9 Å². The van der Waals surface area contributed by atoms with Crippen LogP contribution in [-0.2, 0) is 17.9 Å². The van der Waals surface area contributed by atoms with Crippen molar-refractivity contribution >= 4 is 17.1 Å². The summed E-state index contributed by atoms with van der Waals surface area (Å²) in [4.78, 5) is 14.7. The second kappa shape index (κ2) is 5.57. The fraction of sp³-hybridized carbons (Fsp3) is 0.533. The zero-order valence-electron chi connectivity index (χ0n) is 12.4. The number of ether oxygens (including phenoxy) is 1. The van der Waals surface area contributed by atoms with Gasteiger partial charge in [-0.2, -0.15) is 0 Å². The van der Waals surface area contributed by atoms with Crippen molar-refractivity contribution in [3.8, 4) is 0 Å². The minimum Gasteiger partial charge on any atom is -0.370 e. The van der Waals surface area contributed by atoms with Crippen molar-refractivity contribution in [1.29, 1.82) is 0 Å². The molecule has 2 aliphatic rings. The van der Waals surface area contributed by atoms with E-state index in [1.54, 1.807) is 13.1 Å². The van der Waals surface area contributed by atoms with E-state index in [0.29, 0.717) is 6.61 Å². The van der Waals surface area contributed by atoms with Crippen LogP contribution in [0, 0.1) is 0 Å². The minimum absolute atomic E-state index is 0.142. The Morgan fingerprint density at radius 3 is 3.27 bits per heavy atom. The molecule has 0 aliphatic carbocycles. The molecule has 2 aliphatic heterocycles. The Bertz CT molecular complexity index is 695. The molecule has 0 aromatic carbocycles. The number of carbonyl (C=O) groups is 1. The standard InChI is InChI=1S/C15H18N4O2S/c1-10(20)15-4-11(9-22-15)6-18-3-2-14-13(7-18)19-12(8-21-14)5-16-17-19/h4-5,9,13-14H,2-3,6-8H2,1H3/t13-,14-/m0/s1. The molecule has 0 unspecified atom stereocenters. The van der Waals surface area contributed by atoms with Gasteiger partial charge in [-0.15, -0.1) is 16.4 Å². The first-order valence-electron chi connectivity index (χ1n) is 7.52. The zero-order chi connectivity index (χ0) is 15.1. The molecule has 0 spiro atoms. The van der Waals surface area contributed by atoms with E-state index in [2.05, 4.69) is 20.6 Å². The third-order valence-corrected chi connectivity index (χ3v) is 5.50. The Balaban J connectivity index is 1.48. The van der Waals surface area contributed by atoms with Gasteiger partial charge in [0.2, 0.25) is 0 Å². The number of ketones is 1. The van der Waals surface area contributed by atoms with Crippen molar-refractivity contribution < 1.29 is 9.53 Å². The summed E-state index contributed by atoms with van der Waals surface area (Å²) >= 11 is 1.53. The second-order valence-electron chi connectivity index (χ2n) is 5.99. The lowest BCUT2D eigenvalue weighted by Gasteiger charge is -2.40. The summed E-state index contributed by atoms with van der Waals surface area (Å²) < 4.78 is 7.95. The SMILES string of the molecule is CC(=O)c1cc(CN2CC[C@@H]3OCc4cnnn4[C@H]3C2)cs1. The van der Waals surface area contributed by atoms with Crippen molar-refractivity contribution in [1.82, 2.24) is 19.9 Å². The second-order valence-corrected chi connectivity index (χ2v) is 6.90. The van der Waals surface area contributed by atoms with E-state index in [1.807, 2.05) is 10.7 Å². The van der Waals surface area contributed by atoms with Crippen LogP contribution in [0.5, 0.6) is 0 Å². The van der Waals surface area contributed by atoms with Crippen molar-refractivity contribution in [3.63, 3.8) is 0 Å². The average Bonchev–Trinajstić information content (AvgIpc) is 3.15. The molecule has 0 amide bonds. The van der Waals surface area contributed by atoms with Gasteiger partial charge >= 0.3 is 0 Å². The van der Waals surface area contributed by atoms with Crippen molar-refractivity contribution in [3.05, 3.63) is 33.8 Å². The lowest BCUT2D eigenvalue weighted by atomic mass is 10.00. The molecule has 0 saturated carbocycles. The van der Waals surface area contributed by atoms with Gasteiger partial charge in [-0.3, -0.25) is 9.69 Å². The highest BCUT2D eigenvalue weighted by Gasteiger charge is 2.36. The lowest BCUT2D eigenvalue weighted by Crippen LogP contribution is -2.47. The number of likely N-dealkylation sites (tertiary alicyclic amines) is 1.